The Morgan fingerprint density at radius 1 is 0.952 bits per heavy atom. The van der Waals surface area contributed by atoms with Crippen molar-refractivity contribution < 1.29 is 14.7 Å². The minimum absolute atomic E-state index is 0.0437. The number of aromatic hydroxyl groups is 1. The second-order valence-electron chi connectivity index (χ2n) is 4.78. The quantitative estimate of drug-likeness (QED) is 0.679. The van der Waals surface area contributed by atoms with Crippen LogP contribution < -0.4 is 4.90 Å². The first-order chi connectivity index (χ1) is 10.2. The fourth-order valence-corrected chi connectivity index (χ4v) is 2.32. The second kappa shape index (κ2) is 5.25. The predicted molar refractivity (Wildman–Crippen MR) is 79.6 cm³/mol. The molecule has 0 saturated carbocycles. The number of nitrogens with zero attached hydrogens (tertiary/aromatic N) is 1. The van der Waals surface area contributed by atoms with Crippen molar-refractivity contribution in [1.29, 1.82) is 0 Å². The first kappa shape index (κ1) is 13.1. The van der Waals surface area contributed by atoms with Crippen LogP contribution in [0.3, 0.4) is 0 Å². The van der Waals surface area contributed by atoms with Crippen molar-refractivity contribution in [2.75, 3.05) is 4.90 Å². The SMILES string of the molecule is O=C1C/C(=C/c2ccccc2O)C(=O)N1c1ccccc1. The Balaban J connectivity index is 1.96. The van der Waals surface area contributed by atoms with E-state index in [1.165, 1.54) is 4.90 Å². The molecule has 2 aromatic rings. The Morgan fingerprint density at radius 3 is 2.33 bits per heavy atom. The van der Waals surface area contributed by atoms with Gasteiger partial charge >= 0.3 is 0 Å². The smallest absolute Gasteiger partial charge is 0.261 e. The van der Waals surface area contributed by atoms with Gasteiger partial charge in [0, 0.05) is 11.1 Å². The largest absolute Gasteiger partial charge is 0.507 e. The van der Waals surface area contributed by atoms with Crippen molar-refractivity contribution in [3.8, 4) is 5.75 Å². The summed E-state index contributed by atoms with van der Waals surface area (Å²) in [7, 11) is 0. The summed E-state index contributed by atoms with van der Waals surface area (Å²) in [4.78, 5) is 25.6. The molecule has 0 atom stereocenters. The van der Waals surface area contributed by atoms with E-state index >= 15 is 0 Å². The summed E-state index contributed by atoms with van der Waals surface area (Å²) in [5.74, 6) is -0.509. The molecule has 0 unspecified atom stereocenters. The van der Waals surface area contributed by atoms with Gasteiger partial charge in [0.2, 0.25) is 5.91 Å². The van der Waals surface area contributed by atoms with Gasteiger partial charge in [-0.15, -0.1) is 0 Å². The molecule has 0 bridgehead atoms. The number of imide groups is 1. The molecule has 1 aliphatic heterocycles. The monoisotopic (exact) mass is 279 g/mol. The number of carbonyl (C=O) groups is 2. The summed E-state index contributed by atoms with van der Waals surface area (Å²) in [6.45, 7) is 0. The average molecular weight is 279 g/mol. The third-order valence-corrected chi connectivity index (χ3v) is 3.35. The average Bonchev–Trinajstić information content (AvgIpc) is 2.77. The molecular weight excluding hydrogens is 266 g/mol. The van der Waals surface area contributed by atoms with Crippen LogP contribution in [0.2, 0.25) is 0 Å². The van der Waals surface area contributed by atoms with Gasteiger partial charge in [0.25, 0.3) is 5.91 Å². The number of anilines is 1. The molecule has 0 spiro atoms. The number of benzene rings is 2. The number of hydrogen-bond acceptors (Lipinski definition) is 3. The van der Waals surface area contributed by atoms with Crippen molar-refractivity contribution >= 4 is 23.6 Å². The number of phenolic OH excluding ortho intramolecular Hbond substituents is 1. The van der Waals surface area contributed by atoms with Gasteiger partial charge in [-0.2, -0.15) is 0 Å². The molecule has 0 radical (unpaired) electrons. The van der Waals surface area contributed by atoms with Crippen LogP contribution in [0.25, 0.3) is 6.08 Å². The molecule has 104 valence electrons. The van der Waals surface area contributed by atoms with Gasteiger partial charge in [-0.05, 0) is 24.3 Å². The van der Waals surface area contributed by atoms with Crippen molar-refractivity contribution in [3.63, 3.8) is 0 Å². The van der Waals surface area contributed by atoms with Gasteiger partial charge < -0.3 is 5.11 Å². The van der Waals surface area contributed by atoms with Gasteiger partial charge in [-0.25, -0.2) is 4.90 Å². The maximum atomic E-state index is 12.4. The first-order valence-electron chi connectivity index (χ1n) is 6.58. The summed E-state index contributed by atoms with van der Waals surface area (Å²) < 4.78 is 0. The van der Waals surface area contributed by atoms with Crippen LogP contribution in [0, 0.1) is 0 Å². The van der Waals surface area contributed by atoms with Crippen molar-refractivity contribution in [2.24, 2.45) is 0 Å². The summed E-state index contributed by atoms with van der Waals surface area (Å²) in [6.07, 6.45) is 1.61. The maximum absolute atomic E-state index is 12.4. The Morgan fingerprint density at radius 2 is 1.62 bits per heavy atom. The number of phenols is 1. The fraction of sp³-hybridized carbons (Fsp3) is 0.0588. The Bertz CT molecular complexity index is 735. The normalized spacial score (nSPS) is 16.8. The molecule has 4 nitrogen and oxygen atoms in total. The fourth-order valence-electron chi connectivity index (χ4n) is 2.32. The number of rotatable bonds is 2. The highest BCUT2D eigenvalue weighted by molar-refractivity contribution is 6.29. The van der Waals surface area contributed by atoms with Crippen LogP contribution in [-0.2, 0) is 9.59 Å². The van der Waals surface area contributed by atoms with Gasteiger partial charge in [0.1, 0.15) is 5.75 Å². The lowest BCUT2D eigenvalue weighted by atomic mass is 10.1. The van der Waals surface area contributed by atoms with E-state index in [2.05, 4.69) is 0 Å². The van der Waals surface area contributed by atoms with Gasteiger partial charge in [0.15, 0.2) is 0 Å². The third-order valence-electron chi connectivity index (χ3n) is 3.35. The summed E-state index contributed by atoms with van der Waals surface area (Å²) in [6, 6.07) is 15.5. The molecule has 1 aliphatic rings. The highest BCUT2D eigenvalue weighted by atomic mass is 16.3. The molecule has 2 aromatic carbocycles. The van der Waals surface area contributed by atoms with E-state index < -0.39 is 0 Å². The van der Waals surface area contributed by atoms with Gasteiger partial charge in [-0.3, -0.25) is 9.59 Å². The lowest BCUT2D eigenvalue weighted by molar-refractivity contribution is -0.120. The Labute approximate surface area is 121 Å². The zero-order chi connectivity index (χ0) is 14.8. The molecule has 1 heterocycles. The van der Waals surface area contributed by atoms with Crippen LogP contribution in [0.4, 0.5) is 5.69 Å². The highest BCUT2D eigenvalue weighted by Gasteiger charge is 2.34. The topological polar surface area (TPSA) is 57.6 Å². The van der Waals surface area contributed by atoms with Crippen LogP contribution in [-0.4, -0.2) is 16.9 Å². The standard InChI is InChI=1S/C17H13NO3/c19-15-9-5-4-6-12(15)10-13-11-16(20)18(17(13)21)14-7-2-1-3-8-14/h1-10,19H,11H2/b13-10-. The lowest BCUT2D eigenvalue weighted by Crippen LogP contribution is -2.28. The van der Waals surface area contributed by atoms with Crippen LogP contribution in [0.5, 0.6) is 5.75 Å². The maximum Gasteiger partial charge on any atom is 0.261 e. The number of amides is 2. The van der Waals surface area contributed by atoms with Crippen LogP contribution in [0.1, 0.15) is 12.0 Å². The minimum Gasteiger partial charge on any atom is -0.507 e. The molecule has 0 aromatic heterocycles. The van der Waals surface area contributed by atoms with Gasteiger partial charge in [-0.1, -0.05) is 36.4 Å². The Kier molecular flexibility index (Phi) is 3.28. The molecule has 21 heavy (non-hydrogen) atoms. The van der Waals surface area contributed by atoms with E-state index in [4.69, 9.17) is 0 Å². The number of hydrogen-bond donors (Lipinski definition) is 1. The van der Waals surface area contributed by atoms with Gasteiger partial charge in [0.05, 0.1) is 12.1 Å². The molecule has 1 fully saturated rings. The summed E-state index contributed by atoms with van der Waals surface area (Å²) in [5, 5.41) is 9.75. The molecule has 3 rings (SSSR count). The van der Waals surface area contributed by atoms with E-state index in [0.717, 1.165) is 0 Å². The lowest BCUT2D eigenvalue weighted by Gasteiger charge is -2.12. The predicted octanol–water partition coefficient (Wildman–Crippen LogP) is 2.74. The molecule has 4 heteroatoms. The van der Waals surface area contributed by atoms with Crippen molar-refractivity contribution in [3.05, 3.63) is 65.7 Å². The molecule has 1 N–H and O–H groups in total. The zero-order valence-corrected chi connectivity index (χ0v) is 11.2. The third kappa shape index (κ3) is 2.43. The van der Waals surface area contributed by atoms with E-state index in [1.807, 2.05) is 6.07 Å². The Hall–Kier alpha value is -2.88. The van der Waals surface area contributed by atoms with E-state index in [-0.39, 0.29) is 24.0 Å². The van der Waals surface area contributed by atoms with E-state index in [1.54, 1.807) is 54.6 Å². The van der Waals surface area contributed by atoms with Crippen LogP contribution in [0.15, 0.2) is 60.2 Å². The first-order valence-corrected chi connectivity index (χ1v) is 6.58. The second-order valence-corrected chi connectivity index (χ2v) is 4.78. The van der Waals surface area contributed by atoms with Crippen molar-refractivity contribution in [2.45, 2.75) is 6.42 Å². The number of para-hydroxylation sites is 2. The van der Waals surface area contributed by atoms with E-state index in [9.17, 15) is 14.7 Å². The summed E-state index contributed by atoms with van der Waals surface area (Å²) >= 11 is 0. The zero-order valence-electron chi connectivity index (χ0n) is 11.2. The molecular formula is C17H13NO3. The molecule has 1 saturated heterocycles. The molecule has 2 amide bonds. The summed E-state index contributed by atoms with van der Waals surface area (Å²) in [5.41, 5.74) is 1.47. The highest BCUT2D eigenvalue weighted by Crippen LogP contribution is 2.28. The molecule has 0 aliphatic carbocycles. The number of carbonyl (C=O) groups excluding carboxylic acids is 2. The minimum atomic E-state index is -0.338. The van der Waals surface area contributed by atoms with Crippen molar-refractivity contribution in [1.82, 2.24) is 0 Å². The van der Waals surface area contributed by atoms with Crippen LogP contribution >= 0.6 is 0 Å². The van der Waals surface area contributed by atoms with E-state index in [0.29, 0.717) is 16.8 Å².